The number of H-pyrrole nitrogens is 1. The zero-order valence-corrected chi connectivity index (χ0v) is 10.6. The third kappa shape index (κ3) is 3.37. The van der Waals surface area contributed by atoms with Crippen LogP contribution in [0.25, 0.3) is 0 Å². The maximum Gasteiger partial charge on any atom is 0.338 e. The van der Waals surface area contributed by atoms with Crippen LogP contribution in [0.3, 0.4) is 0 Å². The van der Waals surface area contributed by atoms with Crippen LogP contribution in [0.4, 0.5) is 0 Å². The molecule has 0 amide bonds. The van der Waals surface area contributed by atoms with Crippen LogP contribution in [0.2, 0.25) is 0 Å². The van der Waals surface area contributed by atoms with Crippen molar-refractivity contribution in [2.24, 2.45) is 0 Å². The van der Waals surface area contributed by atoms with Crippen LogP contribution < -0.4 is 0 Å². The number of hydrogen-bond acceptors (Lipinski definition) is 4. The number of aromatic nitrogens is 2. The lowest BCUT2D eigenvalue weighted by Crippen LogP contribution is -2.08. The number of carbonyl (C=O) groups excluding carboxylic acids is 1. The molecular formula is C13H14N2O2S. The number of rotatable bonds is 5. The maximum absolute atomic E-state index is 11.6. The van der Waals surface area contributed by atoms with E-state index in [0.29, 0.717) is 18.6 Å². The van der Waals surface area contributed by atoms with Gasteiger partial charge in [0.2, 0.25) is 0 Å². The summed E-state index contributed by atoms with van der Waals surface area (Å²) in [6.45, 7) is 0.322. The zero-order chi connectivity index (χ0) is 12.8. The van der Waals surface area contributed by atoms with E-state index in [2.05, 4.69) is 22.6 Å². The molecule has 0 saturated carbocycles. The van der Waals surface area contributed by atoms with Gasteiger partial charge in [-0.05, 0) is 12.1 Å². The van der Waals surface area contributed by atoms with E-state index >= 15 is 0 Å². The summed E-state index contributed by atoms with van der Waals surface area (Å²) < 4.78 is 5.17. The van der Waals surface area contributed by atoms with Crippen LogP contribution >= 0.6 is 12.6 Å². The van der Waals surface area contributed by atoms with Crippen molar-refractivity contribution >= 4 is 18.6 Å². The van der Waals surface area contributed by atoms with E-state index in [1.807, 2.05) is 6.07 Å². The lowest BCUT2D eigenvalue weighted by molar-refractivity contribution is 0.0499. The van der Waals surface area contributed by atoms with Crippen LogP contribution in [0.1, 0.15) is 27.9 Å². The summed E-state index contributed by atoms with van der Waals surface area (Å²) in [4.78, 5) is 18.7. The molecule has 0 aliphatic carbocycles. The van der Waals surface area contributed by atoms with Crippen LogP contribution in [-0.4, -0.2) is 22.5 Å². The molecule has 1 aromatic carbocycles. The fourth-order valence-corrected chi connectivity index (χ4v) is 1.76. The van der Waals surface area contributed by atoms with E-state index in [0.717, 1.165) is 5.82 Å². The average molecular weight is 262 g/mol. The Hall–Kier alpha value is -1.75. The Labute approximate surface area is 111 Å². The fraction of sp³-hybridized carbons (Fsp3) is 0.231. The predicted octanol–water partition coefficient (Wildman–Crippen LogP) is 2.63. The summed E-state index contributed by atoms with van der Waals surface area (Å²) in [5, 5.41) is -0.0522. The van der Waals surface area contributed by atoms with Gasteiger partial charge in [0.1, 0.15) is 5.82 Å². The van der Waals surface area contributed by atoms with Crippen LogP contribution in [-0.2, 0) is 4.74 Å². The normalized spacial score (nSPS) is 12.1. The summed E-state index contributed by atoms with van der Waals surface area (Å²) in [7, 11) is 0. The van der Waals surface area contributed by atoms with Crippen LogP contribution in [0.5, 0.6) is 0 Å². The van der Waals surface area contributed by atoms with E-state index in [-0.39, 0.29) is 11.2 Å². The Morgan fingerprint density at radius 1 is 1.39 bits per heavy atom. The number of nitrogens with zero attached hydrogens (tertiary/aromatic N) is 1. The second-order valence-electron chi connectivity index (χ2n) is 3.78. The highest BCUT2D eigenvalue weighted by Crippen LogP contribution is 2.19. The van der Waals surface area contributed by atoms with E-state index in [1.54, 1.807) is 36.7 Å². The first-order valence-electron chi connectivity index (χ1n) is 5.67. The van der Waals surface area contributed by atoms with Gasteiger partial charge in [-0.3, -0.25) is 0 Å². The van der Waals surface area contributed by atoms with Crippen LogP contribution in [0, 0.1) is 0 Å². The molecule has 1 aromatic heterocycles. The quantitative estimate of drug-likeness (QED) is 0.643. The minimum atomic E-state index is -0.310. The molecule has 0 aliphatic rings. The Balaban J connectivity index is 1.77. The highest BCUT2D eigenvalue weighted by atomic mass is 32.1. The van der Waals surface area contributed by atoms with Crippen molar-refractivity contribution in [1.29, 1.82) is 0 Å². The first-order valence-corrected chi connectivity index (χ1v) is 6.18. The summed E-state index contributed by atoms with van der Waals surface area (Å²) in [5.74, 6) is 0.477. The van der Waals surface area contributed by atoms with Gasteiger partial charge in [0.25, 0.3) is 0 Å². The van der Waals surface area contributed by atoms with Gasteiger partial charge < -0.3 is 9.72 Å². The third-order valence-electron chi connectivity index (χ3n) is 2.47. The van der Waals surface area contributed by atoms with Crippen molar-refractivity contribution in [2.45, 2.75) is 11.7 Å². The molecule has 0 saturated heterocycles. The largest absolute Gasteiger partial charge is 0.462 e. The molecule has 0 aliphatic heterocycles. The van der Waals surface area contributed by atoms with Gasteiger partial charge in [-0.15, -0.1) is 0 Å². The standard InChI is InChI=1S/C13H14N2O2S/c16-13(10-4-2-1-3-5-10)17-9-6-11(18)12-14-7-8-15-12/h1-5,7-8,11,18H,6,9H2,(H,14,15). The zero-order valence-electron chi connectivity index (χ0n) is 9.74. The van der Waals surface area contributed by atoms with Gasteiger partial charge in [-0.2, -0.15) is 12.6 Å². The molecule has 2 rings (SSSR count). The number of ether oxygens (including phenoxy) is 1. The van der Waals surface area contributed by atoms with Crippen molar-refractivity contribution in [3.05, 3.63) is 54.1 Å². The molecule has 0 fully saturated rings. The van der Waals surface area contributed by atoms with Gasteiger partial charge in [-0.1, -0.05) is 18.2 Å². The number of aromatic amines is 1. The maximum atomic E-state index is 11.6. The second-order valence-corrected chi connectivity index (χ2v) is 4.40. The topological polar surface area (TPSA) is 55.0 Å². The summed E-state index contributed by atoms with van der Waals surface area (Å²) in [6.07, 6.45) is 4.04. The Morgan fingerprint density at radius 2 is 2.17 bits per heavy atom. The first kappa shape index (κ1) is 12.7. The number of benzene rings is 1. The lowest BCUT2D eigenvalue weighted by atomic mass is 10.2. The minimum Gasteiger partial charge on any atom is -0.462 e. The molecule has 2 aromatic rings. The monoisotopic (exact) mass is 262 g/mol. The minimum absolute atomic E-state index is 0.0522. The molecule has 1 unspecified atom stereocenters. The predicted molar refractivity (Wildman–Crippen MR) is 71.7 cm³/mol. The van der Waals surface area contributed by atoms with Gasteiger partial charge >= 0.3 is 5.97 Å². The number of nitrogens with one attached hydrogen (secondary N) is 1. The summed E-state index contributed by atoms with van der Waals surface area (Å²) in [5.41, 5.74) is 0.561. The molecule has 5 heteroatoms. The van der Waals surface area contributed by atoms with E-state index in [1.165, 1.54) is 0 Å². The van der Waals surface area contributed by atoms with E-state index < -0.39 is 0 Å². The average Bonchev–Trinajstić information content (AvgIpc) is 2.93. The molecule has 1 N–H and O–H groups in total. The molecule has 18 heavy (non-hydrogen) atoms. The molecule has 1 atom stereocenters. The number of hydrogen-bond donors (Lipinski definition) is 2. The SMILES string of the molecule is O=C(OCCC(S)c1ncc[nH]1)c1ccccc1. The molecule has 4 nitrogen and oxygen atoms in total. The second kappa shape index (κ2) is 6.26. The number of thiol groups is 1. The van der Waals surface area contributed by atoms with E-state index in [4.69, 9.17) is 4.74 Å². The molecule has 94 valence electrons. The highest BCUT2D eigenvalue weighted by Gasteiger charge is 2.11. The Bertz CT molecular complexity index is 485. The smallest absolute Gasteiger partial charge is 0.338 e. The Kier molecular flexibility index (Phi) is 4.41. The van der Waals surface area contributed by atoms with Crippen molar-refractivity contribution < 1.29 is 9.53 Å². The molecule has 1 heterocycles. The van der Waals surface area contributed by atoms with Crippen molar-refractivity contribution in [3.8, 4) is 0 Å². The van der Waals surface area contributed by atoms with Gasteiger partial charge in [-0.25, -0.2) is 9.78 Å². The molecule has 0 radical (unpaired) electrons. The molecular weight excluding hydrogens is 248 g/mol. The third-order valence-corrected chi connectivity index (χ3v) is 2.97. The highest BCUT2D eigenvalue weighted by molar-refractivity contribution is 7.80. The lowest BCUT2D eigenvalue weighted by Gasteiger charge is -2.08. The van der Waals surface area contributed by atoms with Crippen molar-refractivity contribution in [1.82, 2.24) is 9.97 Å². The van der Waals surface area contributed by atoms with Crippen molar-refractivity contribution in [2.75, 3.05) is 6.61 Å². The Morgan fingerprint density at radius 3 is 2.83 bits per heavy atom. The number of esters is 1. The van der Waals surface area contributed by atoms with E-state index in [9.17, 15) is 4.79 Å². The van der Waals surface area contributed by atoms with Crippen molar-refractivity contribution in [3.63, 3.8) is 0 Å². The first-order chi connectivity index (χ1) is 8.77. The molecule has 0 bridgehead atoms. The van der Waals surface area contributed by atoms with Gasteiger partial charge in [0.15, 0.2) is 0 Å². The number of imidazole rings is 1. The van der Waals surface area contributed by atoms with Gasteiger partial charge in [0, 0.05) is 18.8 Å². The van der Waals surface area contributed by atoms with Gasteiger partial charge in [0.05, 0.1) is 17.4 Å². The fourth-order valence-electron chi connectivity index (χ4n) is 1.52. The summed E-state index contributed by atoms with van der Waals surface area (Å²) in [6, 6.07) is 8.93. The number of carbonyl (C=O) groups is 1. The molecule has 0 spiro atoms. The summed E-state index contributed by atoms with van der Waals surface area (Å²) >= 11 is 4.39. The van der Waals surface area contributed by atoms with Crippen LogP contribution in [0.15, 0.2) is 42.7 Å².